The Kier molecular flexibility index (Phi) is 6.69. The Balaban J connectivity index is 1.81. The Morgan fingerprint density at radius 3 is 2.55 bits per heavy atom. The molecule has 0 aliphatic carbocycles. The van der Waals surface area contributed by atoms with E-state index in [-0.39, 0.29) is 23.3 Å². The Labute approximate surface area is 173 Å². The lowest BCUT2D eigenvalue weighted by molar-refractivity contribution is -0.120. The average molecular weight is 414 g/mol. The highest BCUT2D eigenvalue weighted by Gasteiger charge is 2.21. The number of rotatable bonds is 7. The third-order valence-electron chi connectivity index (χ3n) is 4.84. The molecule has 0 spiro atoms. The number of hydrogen-bond acceptors (Lipinski definition) is 4. The van der Waals surface area contributed by atoms with Crippen molar-refractivity contribution in [2.75, 3.05) is 0 Å². The van der Waals surface area contributed by atoms with E-state index in [2.05, 4.69) is 10.3 Å². The summed E-state index contributed by atoms with van der Waals surface area (Å²) in [6, 6.07) is 13.2. The number of amides is 1. The number of carbonyl (C=O) groups is 1. The Morgan fingerprint density at radius 2 is 1.86 bits per heavy atom. The first kappa shape index (κ1) is 21.0. The van der Waals surface area contributed by atoms with Gasteiger partial charge in [0.2, 0.25) is 5.91 Å². The monoisotopic (exact) mass is 413 g/mol. The van der Waals surface area contributed by atoms with Gasteiger partial charge in [0.15, 0.2) is 5.16 Å². The van der Waals surface area contributed by atoms with Crippen LogP contribution in [-0.2, 0) is 11.3 Å². The van der Waals surface area contributed by atoms with Gasteiger partial charge in [-0.3, -0.25) is 14.2 Å². The van der Waals surface area contributed by atoms with Crippen LogP contribution in [0.15, 0.2) is 58.5 Å². The lowest BCUT2D eigenvalue weighted by Gasteiger charge is -2.20. The number of para-hydroxylation sites is 1. The number of carbonyl (C=O) groups excluding carboxylic acids is 1. The van der Waals surface area contributed by atoms with Crippen molar-refractivity contribution in [2.24, 2.45) is 0 Å². The predicted octanol–water partition coefficient (Wildman–Crippen LogP) is 4.30. The van der Waals surface area contributed by atoms with E-state index in [0.717, 1.165) is 12.0 Å². The number of hydrogen-bond donors (Lipinski definition) is 1. The number of aromatic nitrogens is 2. The highest BCUT2D eigenvalue weighted by molar-refractivity contribution is 8.00. The molecular formula is C22H24FN3O2S. The van der Waals surface area contributed by atoms with Crippen molar-refractivity contribution in [3.05, 3.63) is 70.3 Å². The maximum absolute atomic E-state index is 13.0. The summed E-state index contributed by atoms with van der Waals surface area (Å²) in [5, 5.41) is 3.52. The van der Waals surface area contributed by atoms with Gasteiger partial charge in [0, 0.05) is 12.6 Å². The van der Waals surface area contributed by atoms with Crippen LogP contribution < -0.4 is 10.9 Å². The first-order chi connectivity index (χ1) is 13.9. The maximum atomic E-state index is 13.0. The van der Waals surface area contributed by atoms with Crippen molar-refractivity contribution in [1.82, 2.24) is 14.9 Å². The number of thioether (sulfide) groups is 1. The second-order valence-electron chi connectivity index (χ2n) is 6.95. The van der Waals surface area contributed by atoms with Crippen LogP contribution in [0.3, 0.4) is 0 Å². The second-order valence-corrected chi connectivity index (χ2v) is 8.26. The number of halogens is 1. The van der Waals surface area contributed by atoms with Gasteiger partial charge in [-0.05, 0) is 50.1 Å². The standard InChI is InChI=1S/C22H24FN3O2S/c1-4-14(2)26-21(28)18-7-5-6-8-19(18)25-22(26)29-15(3)20(27)24-13-16-9-11-17(23)12-10-16/h5-12,14-15H,4,13H2,1-3H3,(H,24,27)/t14-,15-/m0/s1. The first-order valence-electron chi connectivity index (χ1n) is 9.60. The smallest absolute Gasteiger partial charge is 0.262 e. The fraction of sp³-hybridized carbons (Fsp3) is 0.318. The second kappa shape index (κ2) is 9.22. The Hall–Kier alpha value is -2.67. The molecule has 0 aliphatic heterocycles. The van der Waals surface area contributed by atoms with E-state index < -0.39 is 5.25 Å². The van der Waals surface area contributed by atoms with Crippen LogP contribution in [-0.4, -0.2) is 20.7 Å². The fourth-order valence-corrected chi connectivity index (χ4v) is 3.96. The van der Waals surface area contributed by atoms with Crippen molar-refractivity contribution < 1.29 is 9.18 Å². The van der Waals surface area contributed by atoms with Crippen molar-refractivity contribution >= 4 is 28.6 Å². The van der Waals surface area contributed by atoms with Gasteiger partial charge in [-0.25, -0.2) is 9.37 Å². The number of nitrogens with zero attached hydrogens (tertiary/aromatic N) is 2. The molecule has 0 radical (unpaired) electrons. The fourth-order valence-electron chi connectivity index (χ4n) is 2.93. The summed E-state index contributed by atoms with van der Waals surface area (Å²) in [6.07, 6.45) is 0.776. The molecule has 1 amide bonds. The van der Waals surface area contributed by atoms with Gasteiger partial charge in [-0.2, -0.15) is 0 Å². The van der Waals surface area contributed by atoms with Gasteiger partial charge < -0.3 is 5.32 Å². The summed E-state index contributed by atoms with van der Waals surface area (Å²) >= 11 is 1.27. The largest absolute Gasteiger partial charge is 0.351 e. The molecule has 3 rings (SSSR count). The van der Waals surface area contributed by atoms with E-state index >= 15 is 0 Å². The van der Waals surface area contributed by atoms with Gasteiger partial charge in [0.1, 0.15) is 5.82 Å². The highest BCUT2D eigenvalue weighted by Crippen LogP contribution is 2.26. The van der Waals surface area contributed by atoms with Crippen LogP contribution in [0.2, 0.25) is 0 Å². The minimum atomic E-state index is -0.446. The zero-order valence-electron chi connectivity index (χ0n) is 16.7. The SMILES string of the molecule is CC[C@H](C)n1c(S[C@@H](C)C(=O)NCc2ccc(F)cc2)nc2ccccc2c1=O. The lowest BCUT2D eigenvalue weighted by atomic mass is 10.2. The van der Waals surface area contributed by atoms with E-state index in [1.54, 1.807) is 35.8 Å². The summed E-state index contributed by atoms with van der Waals surface area (Å²) in [6.45, 7) is 6.08. The highest BCUT2D eigenvalue weighted by atomic mass is 32.2. The molecule has 2 atom stereocenters. The molecule has 29 heavy (non-hydrogen) atoms. The maximum Gasteiger partial charge on any atom is 0.262 e. The third kappa shape index (κ3) is 4.85. The van der Waals surface area contributed by atoms with E-state index in [1.807, 2.05) is 26.0 Å². The molecule has 0 bridgehead atoms. The third-order valence-corrected chi connectivity index (χ3v) is 5.90. The molecule has 0 unspecified atom stereocenters. The molecule has 0 saturated heterocycles. The van der Waals surface area contributed by atoms with Crippen LogP contribution in [0, 0.1) is 5.82 Å². The Morgan fingerprint density at radius 1 is 1.17 bits per heavy atom. The molecule has 0 aliphatic rings. The van der Waals surface area contributed by atoms with E-state index in [0.29, 0.717) is 22.6 Å². The summed E-state index contributed by atoms with van der Waals surface area (Å²) in [4.78, 5) is 30.2. The molecule has 1 heterocycles. The molecule has 5 nitrogen and oxygen atoms in total. The number of benzene rings is 2. The van der Waals surface area contributed by atoms with Crippen LogP contribution in [0.1, 0.15) is 38.8 Å². The van der Waals surface area contributed by atoms with E-state index in [1.165, 1.54) is 23.9 Å². The van der Waals surface area contributed by atoms with Gasteiger partial charge in [0.25, 0.3) is 5.56 Å². The van der Waals surface area contributed by atoms with Crippen LogP contribution in [0.5, 0.6) is 0 Å². The topological polar surface area (TPSA) is 64.0 Å². The van der Waals surface area contributed by atoms with Crippen molar-refractivity contribution in [1.29, 1.82) is 0 Å². The van der Waals surface area contributed by atoms with E-state index in [4.69, 9.17) is 0 Å². The average Bonchev–Trinajstić information content (AvgIpc) is 2.72. The molecule has 1 N–H and O–H groups in total. The summed E-state index contributed by atoms with van der Waals surface area (Å²) < 4.78 is 14.7. The van der Waals surface area contributed by atoms with Gasteiger partial charge >= 0.3 is 0 Å². The molecule has 152 valence electrons. The van der Waals surface area contributed by atoms with Crippen LogP contribution >= 0.6 is 11.8 Å². The molecule has 1 aromatic heterocycles. The molecule has 0 saturated carbocycles. The zero-order chi connectivity index (χ0) is 21.0. The lowest BCUT2D eigenvalue weighted by Crippen LogP contribution is -2.32. The normalized spacial score (nSPS) is 13.2. The van der Waals surface area contributed by atoms with Crippen LogP contribution in [0.4, 0.5) is 4.39 Å². The van der Waals surface area contributed by atoms with Crippen molar-refractivity contribution in [2.45, 2.75) is 50.2 Å². The summed E-state index contributed by atoms with van der Waals surface area (Å²) in [7, 11) is 0. The van der Waals surface area contributed by atoms with Gasteiger partial charge in [0.05, 0.1) is 16.2 Å². The summed E-state index contributed by atoms with van der Waals surface area (Å²) in [5.74, 6) is -0.480. The number of nitrogens with one attached hydrogen (secondary N) is 1. The molecule has 2 aromatic carbocycles. The van der Waals surface area contributed by atoms with E-state index in [9.17, 15) is 14.0 Å². The molecule has 3 aromatic rings. The van der Waals surface area contributed by atoms with Crippen molar-refractivity contribution in [3.8, 4) is 0 Å². The molecule has 7 heteroatoms. The number of fused-ring (bicyclic) bond motifs is 1. The molecule has 0 fully saturated rings. The van der Waals surface area contributed by atoms with Crippen molar-refractivity contribution in [3.63, 3.8) is 0 Å². The zero-order valence-corrected chi connectivity index (χ0v) is 17.5. The molecular weight excluding hydrogens is 389 g/mol. The first-order valence-corrected chi connectivity index (χ1v) is 10.5. The minimum absolute atomic E-state index is 0.0309. The van der Waals surface area contributed by atoms with Gasteiger partial charge in [-0.1, -0.05) is 43.0 Å². The quantitative estimate of drug-likeness (QED) is 0.463. The summed E-state index contributed by atoms with van der Waals surface area (Å²) in [5.41, 5.74) is 1.35. The minimum Gasteiger partial charge on any atom is -0.351 e. The van der Waals surface area contributed by atoms with Gasteiger partial charge in [-0.15, -0.1) is 0 Å². The van der Waals surface area contributed by atoms with Crippen LogP contribution in [0.25, 0.3) is 10.9 Å². The predicted molar refractivity (Wildman–Crippen MR) is 115 cm³/mol. The Bertz CT molecular complexity index is 1070.